The number of nitrogens with zero attached hydrogens (tertiary/aromatic N) is 2. The van der Waals surface area contributed by atoms with Gasteiger partial charge in [-0.3, -0.25) is 9.59 Å². The van der Waals surface area contributed by atoms with E-state index in [1.165, 1.54) is 29.2 Å². The normalized spacial score (nSPS) is 15.4. The fourth-order valence-corrected chi connectivity index (χ4v) is 3.46. The highest BCUT2D eigenvalue weighted by Crippen LogP contribution is 2.18. The van der Waals surface area contributed by atoms with E-state index in [0.29, 0.717) is 5.69 Å². The molecule has 1 saturated carbocycles. The number of hydrogen-bond acceptors (Lipinski definition) is 3. The second kappa shape index (κ2) is 8.79. The van der Waals surface area contributed by atoms with Crippen LogP contribution in [0.25, 0.3) is 11.3 Å². The summed E-state index contributed by atoms with van der Waals surface area (Å²) >= 11 is 0. The second-order valence-corrected chi connectivity index (χ2v) is 7.02. The number of nitrogens with one attached hydrogen (secondary N) is 1. The number of benzene rings is 1. The van der Waals surface area contributed by atoms with Crippen molar-refractivity contribution in [2.24, 2.45) is 0 Å². The highest BCUT2D eigenvalue weighted by Gasteiger charge is 2.15. The van der Waals surface area contributed by atoms with Crippen molar-refractivity contribution in [3.63, 3.8) is 0 Å². The zero-order chi connectivity index (χ0) is 18.4. The maximum atomic E-state index is 12.4. The van der Waals surface area contributed by atoms with Crippen LogP contribution in [0.2, 0.25) is 0 Å². The lowest BCUT2D eigenvalue weighted by molar-refractivity contribution is -0.122. The molecule has 1 aromatic carbocycles. The van der Waals surface area contributed by atoms with Crippen LogP contribution in [0.4, 0.5) is 0 Å². The molecule has 0 saturated heterocycles. The minimum Gasteiger partial charge on any atom is -0.352 e. The van der Waals surface area contributed by atoms with Crippen molar-refractivity contribution < 1.29 is 4.79 Å². The predicted octanol–water partition coefficient (Wildman–Crippen LogP) is 3.31. The van der Waals surface area contributed by atoms with Gasteiger partial charge in [-0.05, 0) is 30.9 Å². The van der Waals surface area contributed by atoms with Gasteiger partial charge in [0, 0.05) is 17.7 Å². The van der Waals surface area contributed by atoms with E-state index in [9.17, 15) is 9.59 Å². The van der Waals surface area contributed by atoms with E-state index in [4.69, 9.17) is 0 Å². The Morgan fingerprint density at radius 3 is 2.42 bits per heavy atom. The van der Waals surface area contributed by atoms with Crippen LogP contribution in [0.15, 0.2) is 41.2 Å². The number of aryl methyl sites for hydroxylation is 1. The molecule has 0 radical (unpaired) electrons. The molecule has 138 valence electrons. The van der Waals surface area contributed by atoms with Crippen LogP contribution in [-0.2, 0) is 17.8 Å². The largest absolute Gasteiger partial charge is 0.352 e. The van der Waals surface area contributed by atoms with Crippen LogP contribution in [-0.4, -0.2) is 21.7 Å². The van der Waals surface area contributed by atoms with Crippen LogP contribution >= 0.6 is 0 Å². The standard InChI is InChI=1S/C21H27N3O2/c1-2-16-9-11-17(12-10-16)19-13-14-21(26)24(23-19)15-20(25)22-18-7-5-3-4-6-8-18/h9-14,18H,2-8,15H2,1H3,(H,22,25). The summed E-state index contributed by atoms with van der Waals surface area (Å²) in [6.07, 6.45) is 7.83. The highest BCUT2D eigenvalue weighted by molar-refractivity contribution is 5.76. The molecule has 1 fully saturated rings. The first-order valence-corrected chi connectivity index (χ1v) is 9.62. The van der Waals surface area contributed by atoms with Gasteiger partial charge in [-0.1, -0.05) is 56.9 Å². The third-order valence-electron chi connectivity index (χ3n) is 5.04. The Kier molecular flexibility index (Phi) is 6.21. The molecule has 1 amide bonds. The average molecular weight is 353 g/mol. The van der Waals surface area contributed by atoms with Crippen molar-refractivity contribution in [1.82, 2.24) is 15.1 Å². The smallest absolute Gasteiger partial charge is 0.267 e. The van der Waals surface area contributed by atoms with Crippen LogP contribution in [0.5, 0.6) is 0 Å². The van der Waals surface area contributed by atoms with Gasteiger partial charge in [-0.2, -0.15) is 5.10 Å². The Hall–Kier alpha value is -2.43. The number of aromatic nitrogens is 2. The summed E-state index contributed by atoms with van der Waals surface area (Å²) in [6, 6.07) is 11.5. The van der Waals surface area contributed by atoms with Crippen molar-refractivity contribution in [1.29, 1.82) is 0 Å². The van der Waals surface area contributed by atoms with Gasteiger partial charge in [0.15, 0.2) is 0 Å². The summed E-state index contributed by atoms with van der Waals surface area (Å²) in [7, 11) is 0. The van der Waals surface area contributed by atoms with Gasteiger partial charge < -0.3 is 5.32 Å². The molecule has 1 aliphatic rings. The Bertz CT molecular complexity index is 788. The molecule has 3 rings (SSSR count). The van der Waals surface area contributed by atoms with Gasteiger partial charge in [0.05, 0.1) is 5.69 Å². The van der Waals surface area contributed by atoms with E-state index >= 15 is 0 Å². The molecule has 26 heavy (non-hydrogen) atoms. The SMILES string of the molecule is CCc1ccc(-c2ccc(=O)n(CC(=O)NC3CCCCCC3)n2)cc1. The zero-order valence-corrected chi connectivity index (χ0v) is 15.4. The molecule has 2 aromatic rings. The van der Waals surface area contributed by atoms with Gasteiger partial charge >= 0.3 is 0 Å². The van der Waals surface area contributed by atoms with Crippen molar-refractivity contribution in [2.45, 2.75) is 64.5 Å². The van der Waals surface area contributed by atoms with Crippen molar-refractivity contribution in [2.75, 3.05) is 0 Å². The summed E-state index contributed by atoms with van der Waals surface area (Å²) in [4.78, 5) is 24.5. The summed E-state index contributed by atoms with van der Waals surface area (Å²) in [6.45, 7) is 2.08. The number of carbonyl (C=O) groups excluding carboxylic acids is 1. The van der Waals surface area contributed by atoms with E-state index in [1.807, 2.05) is 12.1 Å². The molecule has 0 atom stereocenters. The molecule has 0 aliphatic heterocycles. The first-order chi connectivity index (χ1) is 12.7. The lowest BCUT2D eigenvalue weighted by atomic mass is 10.1. The predicted molar refractivity (Wildman–Crippen MR) is 103 cm³/mol. The van der Waals surface area contributed by atoms with E-state index < -0.39 is 0 Å². The molecule has 0 unspecified atom stereocenters. The Morgan fingerprint density at radius 1 is 1.08 bits per heavy atom. The van der Waals surface area contributed by atoms with Gasteiger partial charge in [0.1, 0.15) is 6.54 Å². The van der Waals surface area contributed by atoms with E-state index in [1.54, 1.807) is 6.07 Å². The molecule has 5 heteroatoms. The molecule has 1 aliphatic carbocycles. The summed E-state index contributed by atoms with van der Waals surface area (Å²) in [5.74, 6) is -0.134. The lowest BCUT2D eigenvalue weighted by Crippen LogP contribution is -2.39. The maximum Gasteiger partial charge on any atom is 0.267 e. The molecule has 0 spiro atoms. The topological polar surface area (TPSA) is 64.0 Å². The summed E-state index contributed by atoms with van der Waals surface area (Å²) in [5.41, 5.74) is 2.65. The molecule has 1 N–H and O–H groups in total. The third kappa shape index (κ3) is 4.81. The Morgan fingerprint density at radius 2 is 1.77 bits per heavy atom. The van der Waals surface area contributed by atoms with Crippen LogP contribution < -0.4 is 10.9 Å². The minimum atomic E-state index is -0.255. The quantitative estimate of drug-likeness (QED) is 0.839. The van der Waals surface area contributed by atoms with Crippen LogP contribution in [0, 0.1) is 0 Å². The minimum absolute atomic E-state index is 0.0315. The number of rotatable bonds is 5. The number of amides is 1. The molecular weight excluding hydrogens is 326 g/mol. The highest BCUT2D eigenvalue weighted by atomic mass is 16.2. The van der Waals surface area contributed by atoms with E-state index in [0.717, 1.165) is 37.7 Å². The molecule has 0 bridgehead atoms. The third-order valence-corrected chi connectivity index (χ3v) is 5.04. The average Bonchev–Trinajstić information content (AvgIpc) is 2.92. The Labute approximate surface area is 154 Å². The monoisotopic (exact) mass is 353 g/mol. The fraction of sp³-hybridized carbons (Fsp3) is 0.476. The molecular formula is C21H27N3O2. The molecule has 1 heterocycles. The Balaban J connectivity index is 1.70. The van der Waals surface area contributed by atoms with Crippen molar-refractivity contribution >= 4 is 5.91 Å². The van der Waals surface area contributed by atoms with Gasteiger partial charge in [-0.15, -0.1) is 0 Å². The summed E-state index contributed by atoms with van der Waals surface area (Å²) < 4.78 is 1.26. The molecule has 1 aromatic heterocycles. The lowest BCUT2D eigenvalue weighted by Gasteiger charge is -2.16. The zero-order valence-electron chi connectivity index (χ0n) is 15.4. The first kappa shape index (κ1) is 18.4. The molecule has 5 nitrogen and oxygen atoms in total. The maximum absolute atomic E-state index is 12.4. The van der Waals surface area contributed by atoms with Gasteiger partial charge in [0.2, 0.25) is 5.91 Å². The van der Waals surface area contributed by atoms with Gasteiger partial charge in [-0.25, -0.2) is 4.68 Å². The summed E-state index contributed by atoms with van der Waals surface area (Å²) in [5, 5.41) is 7.46. The van der Waals surface area contributed by atoms with E-state index in [2.05, 4.69) is 29.5 Å². The van der Waals surface area contributed by atoms with Crippen LogP contribution in [0.1, 0.15) is 51.0 Å². The van der Waals surface area contributed by atoms with Crippen molar-refractivity contribution in [3.8, 4) is 11.3 Å². The van der Waals surface area contributed by atoms with Gasteiger partial charge in [0.25, 0.3) is 5.56 Å². The number of hydrogen-bond donors (Lipinski definition) is 1. The van der Waals surface area contributed by atoms with E-state index in [-0.39, 0.29) is 24.1 Å². The van der Waals surface area contributed by atoms with Crippen LogP contribution in [0.3, 0.4) is 0 Å². The first-order valence-electron chi connectivity index (χ1n) is 9.62. The second-order valence-electron chi connectivity index (χ2n) is 7.02. The van der Waals surface area contributed by atoms with Crippen molar-refractivity contribution in [3.05, 3.63) is 52.3 Å². The fourth-order valence-electron chi connectivity index (χ4n) is 3.46. The number of carbonyl (C=O) groups is 1.